The molecule has 1 aliphatic rings. The highest BCUT2D eigenvalue weighted by Crippen LogP contribution is 2.41. The summed E-state index contributed by atoms with van der Waals surface area (Å²) in [5, 5.41) is 0. The highest BCUT2D eigenvalue weighted by Gasteiger charge is 2.36. The summed E-state index contributed by atoms with van der Waals surface area (Å²) >= 11 is 0. The monoisotopic (exact) mass is 346 g/mol. The standard InChI is InChI=1S/C22H22N2O2/c1-16-15-20(23(2)17-9-4-3-5-10-17)18-11-6-7-12-19(18)24(16)22(25)21-13-8-14-26-21/h3-14,16,20H,15H2,1-2H3. The van der Waals surface area contributed by atoms with Gasteiger partial charge in [0.1, 0.15) is 0 Å². The number of carbonyl (C=O) groups is 1. The molecule has 1 amide bonds. The minimum Gasteiger partial charge on any atom is -0.459 e. The van der Waals surface area contributed by atoms with E-state index in [0.717, 1.165) is 17.7 Å². The molecule has 0 radical (unpaired) electrons. The Morgan fingerprint density at radius 1 is 1.04 bits per heavy atom. The number of nitrogens with zero attached hydrogens (tertiary/aromatic N) is 2. The van der Waals surface area contributed by atoms with E-state index in [1.165, 1.54) is 5.69 Å². The van der Waals surface area contributed by atoms with E-state index in [-0.39, 0.29) is 18.0 Å². The Morgan fingerprint density at radius 2 is 1.77 bits per heavy atom. The zero-order valence-electron chi connectivity index (χ0n) is 15.0. The van der Waals surface area contributed by atoms with Gasteiger partial charge in [-0.05, 0) is 49.2 Å². The molecule has 0 aliphatic carbocycles. The lowest BCUT2D eigenvalue weighted by Gasteiger charge is -2.43. The molecular formula is C22H22N2O2. The van der Waals surface area contributed by atoms with Gasteiger partial charge in [-0.2, -0.15) is 0 Å². The summed E-state index contributed by atoms with van der Waals surface area (Å²) in [5.74, 6) is 0.289. The van der Waals surface area contributed by atoms with Crippen LogP contribution in [0.4, 0.5) is 11.4 Å². The average molecular weight is 346 g/mol. The number of rotatable bonds is 3. The Labute approximate surface area is 153 Å². The first-order valence-electron chi connectivity index (χ1n) is 8.90. The number of carbonyl (C=O) groups excluding carboxylic acids is 1. The van der Waals surface area contributed by atoms with E-state index in [0.29, 0.717) is 5.76 Å². The van der Waals surface area contributed by atoms with Crippen LogP contribution in [0.2, 0.25) is 0 Å². The summed E-state index contributed by atoms with van der Waals surface area (Å²) in [4.78, 5) is 17.2. The SMILES string of the molecule is CC1CC(N(C)c2ccccc2)c2ccccc2N1C(=O)c1ccco1. The van der Waals surface area contributed by atoms with E-state index in [4.69, 9.17) is 4.42 Å². The van der Waals surface area contributed by atoms with Gasteiger partial charge in [0.25, 0.3) is 5.91 Å². The summed E-state index contributed by atoms with van der Waals surface area (Å²) in [6.45, 7) is 2.10. The van der Waals surface area contributed by atoms with E-state index in [1.54, 1.807) is 18.4 Å². The molecule has 0 saturated heterocycles. The molecule has 4 heteroatoms. The van der Waals surface area contributed by atoms with Crippen LogP contribution in [0.3, 0.4) is 0 Å². The van der Waals surface area contributed by atoms with Gasteiger partial charge in [0.15, 0.2) is 5.76 Å². The minimum atomic E-state index is -0.0873. The van der Waals surface area contributed by atoms with Crippen molar-refractivity contribution in [1.29, 1.82) is 0 Å². The maximum atomic E-state index is 13.0. The Hall–Kier alpha value is -3.01. The predicted molar refractivity (Wildman–Crippen MR) is 104 cm³/mol. The molecule has 4 rings (SSSR count). The molecule has 2 unspecified atom stereocenters. The number of anilines is 2. The molecule has 2 heterocycles. The summed E-state index contributed by atoms with van der Waals surface area (Å²) in [5.41, 5.74) is 3.29. The van der Waals surface area contributed by atoms with Crippen LogP contribution in [0, 0.1) is 0 Å². The number of fused-ring (bicyclic) bond motifs is 1. The van der Waals surface area contributed by atoms with Crippen LogP contribution in [0.15, 0.2) is 77.4 Å². The summed E-state index contributed by atoms with van der Waals surface area (Å²) in [6, 6.07) is 22.3. The van der Waals surface area contributed by atoms with Gasteiger partial charge in [0.2, 0.25) is 0 Å². The van der Waals surface area contributed by atoms with Crippen molar-refractivity contribution in [3.8, 4) is 0 Å². The van der Waals surface area contributed by atoms with Crippen molar-refractivity contribution in [2.45, 2.75) is 25.4 Å². The Kier molecular flexibility index (Phi) is 4.25. The van der Waals surface area contributed by atoms with Crippen molar-refractivity contribution in [2.75, 3.05) is 16.8 Å². The highest BCUT2D eigenvalue weighted by molar-refractivity contribution is 6.05. The molecule has 1 aliphatic heterocycles. The fourth-order valence-electron chi connectivity index (χ4n) is 3.82. The van der Waals surface area contributed by atoms with Gasteiger partial charge in [-0.15, -0.1) is 0 Å². The third-order valence-corrected chi connectivity index (χ3v) is 5.14. The molecule has 3 aromatic rings. The Morgan fingerprint density at radius 3 is 2.50 bits per heavy atom. The van der Waals surface area contributed by atoms with Gasteiger partial charge in [-0.25, -0.2) is 0 Å². The van der Waals surface area contributed by atoms with Crippen molar-refractivity contribution in [3.63, 3.8) is 0 Å². The summed E-state index contributed by atoms with van der Waals surface area (Å²) < 4.78 is 5.35. The van der Waals surface area contributed by atoms with Crippen LogP contribution in [0.5, 0.6) is 0 Å². The second-order valence-electron chi connectivity index (χ2n) is 6.76. The van der Waals surface area contributed by atoms with Crippen LogP contribution >= 0.6 is 0 Å². The van der Waals surface area contributed by atoms with Crippen LogP contribution in [-0.4, -0.2) is 19.0 Å². The average Bonchev–Trinajstić information content (AvgIpc) is 3.22. The molecule has 0 spiro atoms. The predicted octanol–water partition coefficient (Wildman–Crippen LogP) is 4.90. The molecule has 2 atom stereocenters. The fourth-order valence-corrected chi connectivity index (χ4v) is 3.82. The van der Waals surface area contributed by atoms with E-state index in [2.05, 4.69) is 49.2 Å². The second kappa shape index (κ2) is 6.71. The minimum absolute atomic E-state index is 0.0682. The van der Waals surface area contributed by atoms with Gasteiger partial charge in [-0.1, -0.05) is 36.4 Å². The van der Waals surface area contributed by atoms with Crippen LogP contribution < -0.4 is 9.80 Å². The number of benzene rings is 2. The van der Waals surface area contributed by atoms with Gasteiger partial charge in [0.05, 0.1) is 12.3 Å². The van der Waals surface area contributed by atoms with Crippen molar-refractivity contribution >= 4 is 17.3 Å². The number of hydrogen-bond donors (Lipinski definition) is 0. The first-order valence-corrected chi connectivity index (χ1v) is 8.90. The number of furan rings is 1. The van der Waals surface area contributed by atoms with Gasteiger partial charge < -0.3 is 14.2 Å². The molecule has 0 N–H and O–H groups in total. The van der Waals surface area contributed by atoms with Crippen LogP contribution in [-0.2, 0) is 0 Å². The quantitative estimate of drug-likeness (QED) is 0.677. The van der Waals surface area contributed by atoms with Gasteiger partial charge in [0, 0.05) is 24.5 Å². The Bertz CT molecular complexity index is 890. The second-order valence-corrected chi connectivity index (χ2v) is 6.76. The topological polar surface area (TPSA) is 36.7 Å². The third-order valence-electron chi connectivity index (χ3n) is 5.14. The molecule has 0 fully saturated rings. The zero-order chi connectivity index (χ0) is 18.1. The molecule has 2 aromatic carbocycles. The van der Waals surface area contributed by atoms with Crippen molar-refractivity contribution in [3.05, 3.63) is 84.3 Å². The van der Waals surface area contributed by atoms with Crippen LogP contribution in [0.1, 0.15) is 35.5 Å². The first kappa shape index (κ1) is 16.5. The fraction of sp³-hybridized carbons (Fsp3) is 0.227. The molecule has 1 aromatic heterocycles. The van der Waals surface area contributed by atoms with E-state index in [1.807, 2.05) is 29.2 Å². The summed E-state index contributed by atoms with van der Waals surface area (Å²) in [7, 11) is 2.12. The Balaban J connectivity index is 1.74. The lowest BCUT2D eigenvalue weighted by molar-refractivity contribution is 0.0946. The third kappa shape index (κ3) is 2.77. The maximum absolute atomic E-state index is 13.0. The molecule has 26 heavy (non-hydrogen) atoms. The highest BCUT2D eigenvalue weighted by atomic mass is 16.3. The smallest absolute Gasteiger partial charge is 0.294 e. The van der Waals surface area contributed by atoms with E-state index in [9.17, 15) is 4.79 Å². The van der Waals surface area contributed by atoms with Gasteiger partial charge >= 0.3 is 0 Å². The van der Waals surface area contributed by atoms with Crippen LogP contribution in [0.25, 0.3) is 0 Å². The normalized spacial score (nSPS) is 19.1. The lowest BCUT2D eigenvalue weighted by Crippen LogP contribution is -2.45. The number of hydrogen-bond acceptors (Lipinski definition) is 3. The lowest BCUT2D eigenvalue weighted by atomic mass is 9.90. The largest absolute Gasteiger partial charge is 0.459 e. The molecule has 0 bridgehead atoms. The maximum Gasteiger partial charge on any atom is 0.294 e. The molecular weight excluding hydrogens is 324 g/mol. The van der Waals surface area contributed by atoms with Crippen molar-refractivity contribution < 1.29 is 9.21 Å². The summed E-state index contributed by atoms with van der Waals surface area (Å²) in [6.07, 6.45) is 2.40. The van der Waals surface area contributed by atoms with Gasteiger partial charge in [-0.3, -0.25) is 4.79 Å². The van der Waals surface area contributed by atoms with Crippen molar-refractivity contribution in [1.82, 2.24) is 0 Å². The zero-order valence-corrected chi connectivity index (χ0v) is 15.0. The molecule has 0 saturated carbocycles. The van der Waals surface area contributed by atoms with E-state index < -0.39 is 0 Å². The molecule has 4 nitrogen and oxygen atoms in total. The van der Waals surface area contributed by atoms with E-state index >= 15 is 0 Å². The molecule has 132 valence electrons. The number of amides is 1. The number of para-hydroxylation sites is 2. The first-order chi connectivity index (χ1) is 12.7. The van der Waals surface area contributed by atoms with Crippen molar-refractivity contribution in [2.24, 2.45) is 0 Å².